The van der Waals surface area contributed by atoms with Crippen LogP contribution >= 0.6 is 0 Å². The number of ether oxygens (including phenoxy) is 2. The molecule has 104 valence electrons. The van der Waals surface area contributed by atoms with Gasteiger partial charge in [-0.2, -0.15) is 0 Å². The third kappa shape index (κ3) is 2.81. The highest BCUT2D eigenvalue weighted by molar-refractivity contribution is 5.99. The van der Waals surface area contributed by atoms with Gasteiger partial charge in [0.1, 0.15) is 11.5 Å². The summed E-state index contributed by atoms with van der Waals surface area (Å²) in [6.45, 7) is 3.52. The molecule has 0 saturated carbocycles. The van der Waals surface area contributed by atoms with Crippen molar-refractivity contribution >= 4 is 11.6 Å². The van der Waals surface area contributed by atoms with Gasteiger partial charge in [-0.3, -0.25) is 4.79 Å². The summed E-state index contributed by atoms with van der Waals surface area (Å²) in [6, 6.07) is 5.43. The first kappa shape index (κ1) is 13.7. The highest BCUT2D eigenvalue weighted by atomic mass is 16.5. The lowest BCUT2D eigenvalue weighted by atomic mass is 10.2. The van der Waals surface area contributed by atoms with Crippen molar-refractivity contribution in [3.8, 4) is 11.5 Å². The van der Waals surface area contributed by atoms with Crippen LogP contribution in [0.1, 0.15) is 13.3 Å². The molecule has 1 aromatic rings. The summed E-state index contributed by atoms with van der Waals surface area (Å²) in [5, 5.41) is 3.20. The predicted octanol–water partition coefficient (Wildman–Crippen LogP) is 1.42. The van der Waals surface area contributed by atoms with Crippen LogP contribution in [0.25, 0.3) is 0 Å². The monoisotopic (exact) mass is 264 g/mol. The van der Waals surface area contributed by atoms with E-state index in [1.807, 2.05) is 19.1 Å². The van der Waals surface area contributed by atoms with E-state index < -0.39 is 0 Å². The van der Waals surface area contributed by atoms with Crippen LogP contribution in [0.5, 0.6) is 11.5 Å². The van der Waals surface area contributed by atoms with Gasteiger partial charge in [-0.15, -0.1) is 0 Å². The number of benzene rings is 1. The molecule has 1 fully saturated rings. The molecule has 1 amide bonds. The topological polar surface area (TPSA) is 50.8 Å². The Hall–Kier alpha value is -1.75. The molecule has 0 bridgehead atoms. The molecule has 1 aliphatic rings. The van der Waals surface area contributed by atoms with Gasteiger partial charge in [0.15, 0.2) is 0 Å². The summed E-state index contributed by atoms with van der Waals surface area (Å²) in [5.74, 6) is 1.49. The normalized spacial score (nSPS) is 18.8. The van der Waals surface area contributed by atoms with E-state index in [-0.39, 0.29) is 11.9 Å². The summed E-state index contributed by atoms with van der Waals surface area (Å²) in [7, 11) is 3.21. The largest absolute Gasteiger partial charge is 0.497 e. The Bertz CT molecular complexity index is 440. The third-order valence-electron chi connectivity index (χ3n) is 3.30. The fraction of sp³-hybridized carbons (Fsp3) is 0.500. The fourth-order valence-electron chi connectivity index (χ4n) is 2.32. The molecular weight excluding hydrogens is 244 g/mol. The quantitative estimate of drug-likeness (QED) is 0.874. The number of nitrogens with zero attached hydrogens (tertiary/aromatic N) is 1. The van der Waals surface area contributed by atoms with Crippen molar-refractivity contribution < 1.29 is 14.3 Å². The first-order chi connectivity index (χ1) is 9.19. The number of carbonyl (C=O) groups is 1. The van der Waals surface area contributed by atoms with E-state index in [0.29, 0.717) is 18.0 Å². The number of anilines is 1. The molecule has 1 atom stereocenters. The molecular formula is C14H20N2O3. The van der Waals surface area contributed by atoms with Gasteiger partial charge in [-0.05, 0) is 13.0 Å². The molecule has 0 spiro atoms. The second-order valence-electron chi connectivity index (χ2n) is 4.46. The van der Waals surface area contributed by atoms with Crippen LogP contribution in [0.15, 0.2) is 18.2 Å². The second kappa shape index (κ2) is 5.93. The van der Waals surface area contributed by atoms with Gasteiger partial charge in [0.25, 0.3) is 0 Å². The zero-order chi connectivity index (χ0) is 13.8. The zero-order valence-corrected chi connectivity index (χ0v) is 11.6. The smallest absolute Gasteiger partial charge is 0.244 e. The van der Waals surface area contributed by atoms with Gasteiger partial charge in [-0.1, -0.05) is 6.92 Å². The Morgan fingerprint density at radius 2 is 1.89 bits per heavy atom. The highest BCUT2D eigenvalue weighted by Gasteiger charge is 2.32. The Labute approximate surface area is 113 Å². The molecule has 0 radical (unpaired) electrons. The number of likely N-dealkylation sites (N-methyl/N-ethyl adjacent to an activating group) is 1. The Morgan fingerprint density at radius 1 is 1.26 bits per heavy atom. The molecule has 2 rings (SSSR count). The minimum absolute atomic E-state index is 0.0813. The van der Waals surface area contributed by atoms with E-state index in [2.05, 4.69) is 5.32 Å². The van der Waals surface area contributed by atoms with Crippen LogP contribution in [0.4, 0.5) is 5.69 Å². The Kier molecular flexibility index (Phi) is 4.27. The maximum Gasteiger partial charge on any atom is 0.244 e. The van der Waals surface area contributed by atoms with Gasteiger partial charge in [0.05, 0.1) is 25.9 Å². The SMILES string of the molecule is CCNC1CCN(c2cc(OC)cc(OC)c2)C1=O. The van der Waals surface area contributed by atoms with E-state index in [9.17, 15) is 4.79 Å². The molecule has 0 aliphatic carbocycles. The van der Waals surface area contributed by atoms with Crippen LogP contribution in [0.2, 0.25) is 0 Å². The Morgan fingerprint density at radius 3 is 2.42 bits per heavy atom. The first-order valence-corrected chi connectivity index (χ1v) is 6.47. The first-order valence-electron chi connectivity index (χ1n) is 6.47. The number of rotatable bonds is 5. The molecule has 1 unspecified atom stereocenters. The Balaban J connectivity index is 2.24. The van der Waals surface area contributed by atoms with Gasteiger partial charge in [-0.25, -0.2) is 0 Å². The third-order valence-corrected chi connectivity index (χ3v) is 3.30. The van der Waals surface area contributed by atoms with Gasteiger partial charge >= 0.3 is 0 Å². The lowest BCUT2D eigenvalue weighted by molar-refractivity contribution is -0.118. The van der Waals surface area contributed by atoms with Crippen LogP contribution in [0.3, 0.4) is 0 Å². The van der Waals surface area contributed by atoms with Crippen molar-refractivity contribution in [2.45, 2.75) is 19.4 Å². The van der Waals surface area contributed by atoms with Crippen LogP contribution in [-0.2, 0) is 4.79 Å². The fourth-order valence-corrected chi connectivity index (χ4v) is 2.32. The summed E-state index contributed by atoms with van der Waals surface area (Å²) in [4.78, 5) is 14.1. The molecule has 0 aromatic heterocycles. The standard InChI is InChI=1S/C14H20N2O3/c1-4-15-13-5-6-16(14(13)17)10-7-11(18-2)9-12(8-10)19-3/h7-9,13,15H,4-6H2,1-3H3. The minimum Gasteiger partial charge on any atom is -0.497 e. The van der Waals surface area contributed by atoms with Crippen molar-refractivity contribution in [3.05, 3.63) is 18.2 Å². The molecule has 1 aromatic carbocycles. The van der Waals surface area contributed by atoms with Crippen LogP contribution in [-0.4, -0.2) is 39.3 Å². The van der Waals surface area contributed by atoms with Crippen molar-refractivity contribution in [3.63, 3.8) is 0 Å². The predicted molar refractivity (Wildman–Crippen MR) is 74.0 cm³/mol. The van der Waals surface area contributed by atoms with E-state index in [1.165, 1.54) is 0 Å². The van der Waals surface area contributed by atoms with Crippen molar-refractivity contribution in [2.24, 2.45) is 0 Å². The lowest BCUT2D eigenvalue weighted by Gasteiger charge is -2.18. The minimum atomic E-state index is -0.0813. The second-order valence-corrected chi connectivity index (χ2v) is 4.46. The molecule has 5 heteroatoms. The average Bonchev–Trinajstić information content (AvgIpc) is 2.80. The van der Waals surface area contributed by atoms with Crippen LogP contribution < -0.4 is 19.7 Å². The maximum atomic E-state index is 12.3. The molecule has 1 aliphatic heterocycles. The highest BCUT2D eigenvalue weighted by Crippen LogP contribution is 2.30. The van der Waals surface area contributed by atoms with Gasteiger partial charge in [0.2, 0.25) is 5.91 Å². The number of nitrogens with one attached hydrogen (secondary N) is 1. The molecule has 5 nitrogen and oxygen atoms in total. The number of amides is 1. The molecule has 1 heterocycles. The molecule has 1 N–H and O–H groups in total. The van der Waals surface area contributed by atoms with Crippen molar-refractivity contribution in [1.82, 2.24) is 5.32 Å². The summed E-state index contributed by atoms with van der Waals surface area (Å²) < 4.78 is 10.5. The van der Waals surface area contributed by atoms with E-state index in [0.717, 1.165) is 18.7 Å². The lowest BCUT2D eigenvalue weighted by Crippen LogP contribution is -2.38. The number of methoxy groups -OCH3 is 2. The number of carbonyl (C=O) groups excluding carboxylic acids is 1. The van der Waals surface area contributed by atoms with Crippen molar-refractivity contribution in [2.75, 3.05) is 32.2 Å². The van der Waals surface area contributed by atoms with E-state index >= 15 is 0 Å². The van der Waals surface area contributed by atoms with E-state index in [4.69, 9.17) is 9.47 Å². The zero-order valence-electron chi connectivity index (χ0n) is 11.6. The number of hydrogen-bond donors (Lipinski definition) is 1. The van der Waals surface area contributed by atoms with Crippen LogP contribution in [0, 0.1) is 0 Å². The molecule has 19 heavy (non-hydrogen) atoms. The summed E-state index contributed by atoms with van der Waals surface area (Å²) in [5.41, 5.74) is 0.821. The average molecular weight is 264 g/mol. The summed E-state index contributed by atoms with van der Waals surface area (Å²) >= 11 is 0. The summed E-state index contributed by atoms with van der Waals surface area (Å²) in [6.07, 6.45) is 0.826. The van der Waals surface area contributed by atoms with Gasteiger partial charge in [0, 0.05) is 24.7 Å². The van der Waals surface area contributed by atoms with Crippen molar-refractivity contribution in [1.29, 1.82) is 0 Å². The van der Waals surface area contributed by atoms with E-state index in [1.54, 1.807) is 25.2 Å². The maximum absolute atomic E-state index is 12.3. The number of hydrogen-bond acceptors (Lipinski definition) is 4. The van der Waals surface area contributed by atoms with Gasteiger partial charge < -0.3 is 19.7 Å². The molecule has 1 saturated heterocycles.